The van der Waals surface area contributed by atoms with Gasteiger partial charge >= 0.3 is 0 Å². The van der Waals surface area contributed by atoms with Crippen molar-refractivity contribution in [2.75, 3.05) is 37.6 Å². The molecule has 1 aromatic carbocycles. The van der Waals surface area contributed by atoms with Crippen LogP contribution < -0.4 is 10.6 Å². The van der Waals surface area contributed by atoms with Gasteiger partial charge in [0.25, 0.3) is 0 Å². The van der Waals surface area contributed by atoms with Gasteiger partial charge in [0.15, 0.2) is 0 Å². The summed E-state index contributed by atoms with van der Waals surface area (Å²) in [6.45, 7) is 2.26. The number of carbonyl (C=O) groups is 2. The van der Waals surface area contributed by atoms with E-state index in [-0.39, 0.29) is 18.4 Å². The van der Waals surface area contributed by atoms with E-state index in [9.17, 15) is 9.59 Å². The fourth-order valence-corrected chi connectivity index (χ4v) is 1.34. The van der Waals surface area contributed by atoms with E-state index in [1.165, 1.54) is 6.92 Å². The van der Waals surface area contributed by atoms with Crippen LogP contribution in [-0.4, -0.2) is 38.7 Å². The summed E-state index contributed by atoms with van der Waals surface area (Å²) in [5.41, 5.74) is 1.33. The van der Waals surface area contributed by atoms with Crippen LogP contribution in [0, 0.1) is 0 Å². The molecule has 0 bridgehead atoms. The molecule has 0 saturated heterocycles. The summed E-state index contributed by atoms with van der Waals surface area (Å²) in [6, 6.07) is 6.84. The van der Waals surface area contributed by atoms with E-state index in [0.29, 0.717) is 24.6 Å². The maximum absolute atomic E-state index is 11.5. The fraction of sp³-hybridized carbons (Fsp3) is 0.385. The van der Waals surface area contributed by atoms with E-state index < -0.39 is 0 Å². The molecule has 19 heavy (non-hydrogen) atoms. The topological polar surface area (TPSA) is 76.7 Å². The monoisotopic (exact) mass is 266 g/mol. The highest BCUT2D eigenvalue weighted by Gasteiger charge is 2.02. The Morgan fingerprint density at radius 1 is 1.05 bits per heavy atom. The van der Waals surface area contributed by atoms with E-state index in [1.54, 1.807) is 31.4 Å². The molecule has 2 amide bonds. The summed E-state index contributed by atoms with van der Waals surface area (Å²) in [5, 5.41) is 5.33. The molecule has 1 aromatic rings. The maximum Gasteiger partial charge on any atom is 0.250 e. The molecule has 0 aromatic heterocycles. The van der Waals surface area contributed by atoms with Gasteiger partial charge in [0.05, 0.1) is 13.2 Å². The quantitative estimate of drug-likeness (QED) is 0.728. The molecule has 0 saturated carbocycles. The molecule has 0 fully saturated rings. The highest BCUT2D eigenvalue weighted by Crippen LogP contribution is 2.13. The lowest BCUT2D eigenvalue weighted by atomic mass is 10.2. The molecule has 0 unspecified atom stereocenters. The third kappa shape index (κ3) is 6.54. The number of rotatable bonds is 7. The van der Waals surface area contributed by atoms with Crippen molar-refractivity contribution in [3.8, 4) is 0 Å². The van der Waals surface area contributed by atoms with Crippen LogP contribution in [0.25, 0.3) is 0 Å². The van der Waals surface area contributed by atoms with Gasteiger partial charge in [0.1, 0.15) is 6.61 Å². The Hall–Kier alpha value is -1.92. The van der Waals surface area contributed by atoms with Crippen molar-refractivity contribution in [2.45, 2.75) is 6.92 Å². The van der Waals surface area contributed by atoms with Gasteiger partial charge in [0, 0.05) is 25.4 Å². The Morgan fingerprint density at radius 2 is 1.63 bits per heavy atom. The number of carbonyl (C=O) groups excluding carboxylic acids is 2. The van der Waals surface area contributed by atoms with Gasteiger partial charge in [-0.15, -0.1) is 0 Å². The Kier molecular flexibility index (Phi) is 6.56. The zero-order valence-corrected chi connectivity index (χ0v) is 11.1. The fourth-order valence-electron chi connectivity index (χ4n) is 1.34. The summed E-state index contributed by atoms with van der Waals surface area (Å²) >= 11 is 0. The van der Waals surface area contributed by atoms with E-state index in [0.717, 1.165) is 0 Å². The molecule has 2 N–H and O–H groups in total. The molecule has 0 aliphatic heterocycles. The molecular formula is C13H18N2O4. The van der Waals surface area contributed by atoms with Crippen LogP contribution in [-0.2, 0) is 19.1 Å². The van der Waals surface area contributed by atoms with Crippen LogP contribution in [0.3, 0.4) is 0 Å². The number of methoxy groups -OCH3 is 1. The number of anilines is 2. The van der Waals surface area contributed by atoms with Crippen LogP contribution in [0.4, 0.5) is 11.4 Å². The predicted molar refractivity (Wildman–Crippen MR) is 72.1 cm³/mol. The van der Waals surface area contributed by atoms with Crippen molar-refractivity contribution >= 4 is 23.2 Å². The van der Waals surface area contributed by atoms with Crippen LogP contribution >= 0.6 is 0 Å². The second-order valence-corrected chi connectivity index (χ2v) is 3.85. The van der Waals surface area contributed by atoms with Crippen molar-refractivity contribution in [2.24, 2.45) is 0 Å². The van der Waals surface area contributed by atoms with Gasteiger partial charge in [-0.05, 0) is 24.3 Å². The zero-order chi connectivity index (χ0) is 14.1. The Balaban J connectivity index is 2.36. The number of nitrogens with one attached hydrogen (secondary N) is 2. The van der Waals surface area contributed by atoms with Crippen LogP contribution in [0.2, 0.25) is 0 Å². The molecule has 0 aliphatic rings. The van der Waals surface area contributed by atoms with Crippen molar-refractivity contribution in [3.63, 3.8) is 0 Å². The summed E-state index contributed by atoms with van der Waals surface area (Å²) in [6.07, 6.45) is 0. The lowest BCUT2D eigenvalue weighted by Gasteiger charge is -2.07. The third-order valence-electron chi connectivity index (χ3n) is 2.15. The van der Waals surface area contributed by atoms with Gasteiger partial charge in [-0.3, -0.25) is 9.59 Å². The van der Waals surface area contributed by atoms with Crippen LogP contribution in [0.5, 0.6) is 0 Å². The Morgan fingerprint density at radius 3 is 2.16 bits per heavy atom. The predicted octanol–water partition coefficient (Wildman–Crippen LogP) is 1.25. The summed E-state index contributed by atoms with van der Waals surface area (Å²) in [5.74, 6) is -0.369. The average molecular weight is 266 g/mol. The SMILES string of the molecule is COCCOCC(=O)Nc1ccc(NC(C)=O)cc1. The molecule has 0 spiro atoms. The summed E-state index contributed by atoms with van der Waals surface area (Å²) in [4.78, 5) is 22.3. The first-order chi connectivity index (χ1) is 9.11. The highest BCUT2D eigenvalue weighted by molar-refractivity contribution is 5.92. The summed E-state index contributed by atoms with van der Waals surface area (Å²) < 4.78 is 9.89. The first-order valence-corrected chi connectivity index (χ1v) is 5.86. The molecule has 0 radical (unpaired) electrons. The minimum Gasteiger partial charge on any atom is -0.382 e. The van der Waals surface area contributed by atoms with E-state index in [1.807, 2.05) is 0 Å². The van der Waals surface area contributed by atoms with Crippen molar-refractivity contribution in [1.82, 2.24) is 0 Å². The number of amides is 2. The molecule has 6 heteroatoms. The van der Waals surface area contributed by atoms with Crippen LogP contribution in [0.15, 0.2) is 24.3 Å². The maximum atomic E-state index is 11.5. The second-order valence-electron chi connectivity index (χ2n) is 3.85. The molecule has 0 heterocycles. The smallest absolute Gasteiger partial charge is 0.250 e. The molecule has 0 atom stereocenters. The lowest BCUT2D eigenvalue weighted by Crippen LogP contribution is -2.19. The third-order valence-corrected chi connectivity index (χ3v) is 2.15. The zero-order valence-electron chi connectivity index (χ0n) is 11.1. The standard InChI is InChI=1S/C13H18N2O4/c1-10(16)14-11-3-5-12(6-4-11)15-13(17)9-19-8-7-18-2/h3-6H,7-9H2,1-2H3,(H,14,16)(H,15,17). The minimum atomic E-state index is -0.233. The largest absolute Gasteiger partial charge is 0.382 e. The van der Waals surface area contributed by atoms with E-state index in [2.05, 4.69) is 10.6 Å². The van der Waals surface area contributed by atoms with Crippen molar-refractivity contribution < 1.29 is 19.1 Å². The van der Waals surface area contributed by atoms with Gasteiger partial charge in [-0.25, -0.2) is 0 Å². The van der Waals surface area contributed by atoms with Crippen molar-refractivity contribution in [3.05, 3.63) is 24.3 Å². The lowest BCUT2D eigenvalue weighted by molar-refractivity contribution is -0.121. The first-order valence-electron chi connectivity index (χ1n) is 5.86. The van der Waals surface area contributed by atoms with Crippen LogP contribution in [0.1, 0.15) is 6.92 Å². The van der Waals surface area contributed by atoms with Crippen molar-refractivity contribution in [1.29, 1.82) is 0 Å². The summed E-state index contributed by atoms with van der Waals surface area (Å²) in [7, 11) is 1.57. The Labute approximate surface area is 112 Å². The number of ether oxygens (including phenoxy) is 2. The normalized spacial score (nSPS) is 10.0. The molecule has 0 aliphatic carbocycles. The number of hydrogen-bond acceptors (Lipinski definition) is 4. The average Bonchev–Trinajstić information content (AvgIpc) is 2.36. The molecule has 1 rings (SSSR count). The van der Waals surface area contributed by atoms with Gasteiger partial charge in [-0.2, -0.15) is 0 Å². The first kappa shape index (κ1) is 15.1. The minimum absolute atomic E-state index is 0.0171. The van der Waals surface area contributed by atoms with E-state index >= 15 is 0 Å². The Bertz CT molecular complexity index is 417. The van der Waals surface area contributed by atoms with Gasteiger partial charge < -0.3 is 20.1 Å². The molecular weight excluding hydrogens is 248 g/mol. The van der Waals surface area contributed by atoms with Gasteiger partial charge in [0.2, 0.25) is 11.8 Å². The number of hydrogen-bond donors (Lipinski definition) is 2. The van der Waals surface area contributed by atoms with E-state index in [4.69, 9.17) is 9.47 Å². The second kappa shape index (κ2) is 8.23. The molecule has 104 valence electrons. The van der Waals surface area contributed by atoms with Gasteiger partial charge in [-0.1, -0.05) is 0 Å². The number of benzene rings is 1. The highest BCUT2D eigenvalue weighted by atomic mass is 16.5. The molecule has 6 nitrogen and oxygen atoms in total.